The highest BCUT2D eigenvalue weighted by Gasteiger charge is 2.63. The molecule has 2 rings (SSSR count). The fourth-order valence-electron chi connectivity index (χ4n) is 2.46. The van der Waals surface area contributed by atoms with Crippen LogP contribution >= 0.6 is 0 Å². The molecular formula is C14H15F5N2O. The van der Waals surface area contributed by atoms with E-state index in [1.165, 1.54) is 0 Å². The summed E-state index contributed by atoms with van der Waals surface area (Å²) in [7, 11) is 0. The molecule has 22 heavy (non-hydrogen) atoms. The van der Waals surface area contributed by atoms with Gasteiger partial charge in [-0.05, 0) is 25.0 Å². The summed E-state index contributed by atoms with van der Waals surface area (Å²) < 4.78 is 62.0. The van der Waals surface area contributed by atoms with E-state index < -0.39 is 18.0 Å². The van der Waals surface area contributed by atoms with Gasteiger partial charge in [-0.1, -0.05) is 18.2 Å². The zero-order chi connectivity index (χ0) is 16.4. The predicted octanol–water partition coefficient (Wildman–Crippen LogP) is 2.97. The van der Waals surface area contributed by atoms with E-state index in [0.29, 0.717) is 13.0 Å². The van der Waals surface area contributed by atoms with Crippen molar-refractivity contribution in [2.45, 2.75) is 31.0 Å². The number of anilines is 1. The van der Waals surface area contributed by atoms with E-state index in [0.717, 1.165) is 12.1 Å². The standard InChI is InChI=1S/C14H15F5N2O/c15-13(16,14(17,18)19)12(22)20-9-11-7-4-8-21(11)10-5-2-1-3-6-10/h1-3,5-6,11H,4,7-9H2,(H,20,22). The molecule has 0 aliphatic carbocycles. The molecule has 1 unspecified atom stereocenters. The highest BCUT2D eigenvalue weighted by atomic mass is 19.4. The van der Waals surface area contributed by atoms with Crippen LogP contribution in [0.1, 0.15) is 12.8 Å². The average Bonchev–Trinajstić information content (AvgIpc) is 2.92. The first kappa shape index (κ1) is 16.5. The van der Waals surface area contributed by atoms with Crippen LogP contribution in [0.5, 0.6) is 0 Å². The lowest BCUT2D eigenvalue weighted by atomic mass is 10.2. The van der Waals surface area contributed by atoms with Crippen LogP contribution in [0.2, 0.25) is 0 Å². The number of carbonyl (C=O) groups excluding carboxylic acids is 1. The van der Waals surface area contributed by atoms with Crippen molar-refractivity contribution in [3.8, 4) is 0 Å². The molecule has 1 aromatic carbocycles. The number of amides is 1. The molecule has 1 atom stereocenters. The summed E-state index contributed by atoms with van der Waals surface area (Å²) in [5.74, 6) is -7.68. The molecule has 0 saturated carbocycles. The summed E-state index contributed by atoms with van der Waals surface area (Å²) in [6.07, 6.45) is -4.48. The molecule has 122 valence electrons. The summed E-state index contributed by atoms with van der Waals surface area (Å²) in [5.41, 5.74) is 0.849. The van der Waals surface area contributed by atoms with Gasteiger partial charge in [0.25, 0.3) is 5.91 Å². The summed E-state index contributed by atoms with van der Waals surface area (Å²) in [6.45, 7) is 0.416. The van der Waals surface area contributed by atoms with Crippen molar-refractivity contribution < 1.29 is 26.7 Å². The van der Waals surface area contributed by atoms with E-state index in [1.54, 1.807) is 17.4 Å². The number of alkyl halides is 5. The van der Waals surface area contributed by atoms with Crippen molar-refractivity contribution in [2.24, 2.45) is 0 Å². The Morgan fingerprint density at radius 1 is 1.18 bits per heavy atom. The number of benzene rings is 1. The van der Waals surface area contributed by atoms with Crippen molar-refractivity contribution in [1.82, 2.24) is 5.32 Å². The molecule has 1 saturated heterocycles. The van der Waals surface area contributed by atoms with Gasteiger partial charge in [-0.25, -0.2) is 0 Å². The SMILES string of the molecule is O=C(NCC1CCCN1c1ccccc1)C(F)(F)C(F)(F)F. The van der Waals surface area contributed by atoms with E-state index in [2.05, 4.69) is 0 Å². The molecule has 0 spiro atoms. The number of rotatable bonds is 4. The first-order valence-electron chi connectivity index (χ1n) is 6.78. The normalized spacial score (nSPS) is 19.3. The van der Waals surface area contributed by atoms with Crippen molar-refractivity contribution in [2.75, 3.05) is 18.0 Å². The first-order valence-corrected chi connectivity index (χ1v) is 6.78. The first-order chi connectivity index (χ1) is 10.2. The van der Waals surface area contributed by atoms with Crippen molar-refractivity contribution in [1.29, 1.82) is 0 Å². The number of nitrogens with one attached hydrogen (secondary N) is 1. The van der Waals surface area contributed by atoms with Gasteiger partial charge in [0.05, 0.1) is 0 Å². The maximum Gasteiger partial charge on any atom is 0.463 e. The van der Waals surface area contributed by atoms with Crippen molar-refractivity contribution in [3.63, 3.8) is 0 Å². The topological polar surface area (TPSA) is 32.3 Å². The van der Waals surface area contributed by atoms with Gasteiger partial charge in [-0.15, -0.1) is 0 Å². The van der Waals surface area contributed by atoms with Crippen LogP contribution in [0.25, 0.3) is 0 Å². The third kappa shape index (κ3) is 3.31. The Hall–Kier alpha value is -1.86. The second-order valence-corrected chi connectivity index (χ2v) is 5.11. The molecular weight excluding hydrogens is 307 g/mol. The van der Waals surface area contributed by atoms with Crippen LogP contribution in [-0.4, -0.2) is 37.1 Å². The molecule has 1 amide bonds. The fourth-order valence-corrected chi connectivity index (χ4v) is 2.46. The van der Waals surface area contributed by atoms with Crippen LogP contribution in [0.15, 0.2) is 30.3 Å². The largest absolute Gasteiger partial charge is 0.463 e. The number of para-hydroxylation sites is 1. The van der Waals surface area contributed by atoms with Gasteiger partial charge in [0, 0.05) is 24.8 Å². The summed E-state index contributed by atoms with van der Waals surface area (Å²) >= 11 is 0. The Labute approximate surface area is 124 Å². The Kier molecular flexibility index (Phi) is 4.58. The number of halogens is 5. The molecule has 8 heteroatoms. The lowest BCUT2D eigenvalue weighted by molar-refractivity contribution is -0.269. The van der Waals surface area contributed by atoms with E-state index in [4.69, 9.17) is 0 Å². The summed E-state index contributed by atoms with van der Waals surface area (Å²) in [6, 6.07) is 8.78. The maximum atomic E-state index is 12.9. The van der Waals surface area contributed by atoms with Gasteiger partial charge >= 0.3 is 12.1 Å². The Balaban J connectivity index is 1.98. The molecule has 1 aliphatic heterocycles. The molecule has 1 aromatic rings. The predicted molar refractivity (Wildman–Crippen MR) is 70.8 cm³/mol. The fraction of sp³-hybridized carbons (Fsp3) is 0.500. The van der Waals surface area contributed by atoms with Crippen LogP contribution in [0, 0.1) is 0 Å². The van der Waals surface area contributed by atoms with E-state index >= 15 is 0 Å². The third-order valence-corrected chi connectivity index (χ3v) is 3.60. The molecule has 1 aliphatic rings. The van der Waals surface area contributed by atoms with E-state index in [1.807, 2.05) is 23.1 Å². The number of nitrogens with zero attached hydrogens (tertiary/aromatic N) is 1. The maximum absolute atomic E-state index is 12.9. The minimum Gasteiger partial charge on any atom is -0.367 e. The van der Waals surface area contributed by atoms with Gasteiger partial charge in [-0.2, -0.15) is 22.0 Å². The molecule has 3 nitrogen and oxygen atoms in total. The smallest absolute Gasteiger partial charge is 0.367 e. The summed E-state index contributed by atoms with van der Waals surface area (Å²) in [4.78, 5) is 13.0. The lowest BCUT2D eigenvalue weighted by Gasteiger charge is -2.28. The molecule has 1 heterocycles. The van der Waals surface area contributed by atoms with Gasteiger partial charge in [-0.3, -0.25) is 4.79 Å². The van der Waals surface area contributed by atoms with Gasteiger partial charge < -0.3 is 10.2 Å². The molecule has 0 aromatic heterocycles. The monoisotopic (exact) mass is 322 g/mol. The lowest BCUT2D eigenvalue weighted by Crippen LogP contribution is -2.52. The van der Waals surface area contributed by atoms with Crippen LogP contribution < -0.4 is 10.2 Å². The molecule has 1 fully saturated rings. The quantitative estimate of drug-likeness (QED) is 0.865. The highest BCUT2D eigenvalue weighted by molar-refractivity contribution is 5.84. The van der Waals surface area contributed by atoms with Gasteiger partial charge in [0.1, 0.15) is 0 Å². The molecule has 0 bridgehead atoms. The summed E-state index contributed by atoms with van der Waals surface area (Å²) in [5, 5.41) is 1.72. The van der Waals surface area contributed by atoms with E-state index in [-0.39, 0.29) is 12.6 Å². The minimum atomic E-state index is -5.88. The second-order valence-electron chi connectivity index (χ2n) is 5.11. The van der Waals surface area contributed by atoms with Gasteiger partial charge in [0.15, 0.2) is 0 Å². The minimum absolute atomic E-state index is 0.251. The van der Waals surface area contributed by atoms with Crippen LogP contribution in [-0.2, 0) is 4.79 Å². The molecule has 1 N–H and O–H groups in total. The van der Waals surface area contributed by atoms with Crippen molar-refractivity contribution in [3.05, 3.63) is 30.3 Å². The van der Waals surface area contributed by atoms with Crippen LogP contribution in [0.4, 0.5) is 27.6 Å². The van der Waals surface area contributed by atoms with Gasteiger partial charge in [0.2, 0.25) is 0 Å². The zero-order valence-electron chi connectivity index (χ0n) is 11.5. The number of carbonyl (C=O) groups is 1. The Bertz CT molecular complexity index is 518. The van der Waals surface area contributed by atoms with Crippen molar-refractivity contribution >= 4 is 11.6 Å². The number of hydrogen-bond donors (Lipinski definition) is 1. The average molecular weight is 322 g/mol. The van der Waals surface area contributed by atoms with E-state index in [9.17, 15) is 26.7 Å². The third-order valence-electron chi connectivity index (χ3n) is 3.60. The second kappa shape index (κ2) is 6.10. The molecule has 0 radical (unpaired) electrons. The highest BCUT2D eigenvalue weighted by Crippen LogP contribution is 2.35. The Morgan fingerprint density at radius 2 is 1.82 bits per heavy atom. The zero-order valence-corrected chi connectivity index (χ0v) is 11.5. The Morgan fingerprint density at radius 3 is 2.41 bits per heavy atom. The van der Waals surface area contributed by atoms with Crippen LogP contribution in [0.3, 0.4) is 0 Å². The number of hydrogen-bond acceptors (Lipinski definition) is 2.